The van der Waals surface area contributed by atoms with E-state index in [-0.39, 0.29) is 17.8 Å². The van der Waals surface area contributed by atoms with Crippen molar-refractivity contribution >= 4 is 17.1 Å². The summed E-state index contributed by atoms with van der Waals surface area (Å²) in [5.41, 5.74) is 2.62. The van der Waals surface area contributed by atoms with Gasteiger partial charge in [-0.25, -0.2) is 14.4 Å². The summed E-state index contributed by atoms with van der Waals surface area (Å²) in [6.07, 6.45) is 3.60. The largest absolute Gasteiger partial charge is 0.354 e. The molecule has 0 aliphatic heterocycles. The maximum atomic E-state index is 13.2. The molecular weight excluding hydrogens is 331 g/mol. The van der Waals surface area contributed by atoms with Gasteiger partial charge in [-0.3, -0.25) is 4.79 Å². The predicted molar refractivity (Wildman–Crippen MR) is 99.2 cm³/mol. The fourth-order valence-corrected chi connectivity index (χ4v) is 2.94. The van der Waals surface area contributed by atoms with Crippen molar-refractivity contribution in [1.82, 2.24) is 19.9 Å². The zero-order valence-corrected chi connectivity index (χ0v) is 15.1. The Kier molecular flexibility index (Phi) is 5.61. The molecule has 0 spiro atoms. The molecule has 5 nitrogen and oxygen atoms in total. The van der Waals surface area contributed by atoms with E-state index in [1.807, 2.05) is 30.5 Å². The first-order valence-electron chi connectivity index (χ1n) is 8.87. The summed E-state index contributed by atoms with van der Waals surface area (Å²) in [6.45, 7) is 4.47. The molecule has 3 rings (SSSR count). The average molecular weight is 354 g/mol. The lowest BCUT2D eigenvalue weighted by atomic mass is 10.2. The highest BCUT2D eigenvalue weighted by molar-refractivity contribution is 5.76. The number of rotatable bonds is 7. The van der Waals surface area contributed by atoms with Gasteiger partial charge >= 0.3 is 0 Å². The third kappa shape index (κ3) is 4.45. The van der Waals surface area contributed by atoms with E-state index >= 15 is 0 Å². The lowest BCUT2D eigenvalue weighted by Crippen LogP contribution is -2.29. The van der Waals surface area contributed by atoms with Crippen LogP contribution in [0.15, 0.2) is 42.6 Å². The first-order valence-corrected chi connectivity index (χ1v) is 8.87. The molecule has 0 aliphatic carbocycles. The molecule has 6 heteroatoms. The molecule has 0 bridgehead atoms. The van der Waals surface area contributed by atoms with Gasteiger partial charge in [-0.1, -0.05) is 12.1 Å². The number of carbonyl (C=O) groups excluding carboxylic acids is 1. The summed E-state index contributed by atoms with van der Waals surface area (Å²) in [5, 5.41) is 2.90. The van der Waals surface area contributed by atoms with Crippen molar-refractivity contribution in [2.24, 2.45) is 0 Å². The SMILES string of the molecule is CC(C)NC(=O)CCCc1nc2cccnc2n1Cc1ccc(F)cc1. The minimum absolute atomic E-state index is 0.0549. The van der Waals surface area contributed by atoms with Crippen LogP contribution in [-0.4, -0.2) is 26.5 Å². The second-order valence-electron chi connectivity index (χ2n) is 6.66. The van der Waals surface area contributed by atoms with Gasteiger partial charge in [-0.2, -0.15) is 0 Å². The van der Waals surface area contributed by atoms with Gasteiger partial charge in [0.2, 0.25) is 5.91 Å². The van der Waals surface area contributed by atoms with Crippen LogP contribution >= 0.6 is 0 Å². The second kappa shape index (κ2) is 8.08. The summed E-state index contributed by atoms with van der Waals surface area (Å²) in [7, 11) is 0. The van der Waals surface area contributed by atoms with Gasteiger partial charge < -0.3 is 9.88 Å². The highest BCUT2D eigenvalue weighted by Gasteiger charge is 2.13. The molecule has 0 fully saturated rings. The molecule has 26 heavy (non-hydrogen) atoms. The molecule has 0 saturated carbocycles. The van der Waals surface area contributed by atoms with Gasteiger partial charge in [0, 0.05) is 25.1 Å². The van der Waals surface area contributed by atoms with Crippen molar-refractivity contribution in [2.75, 3.05) is 0 Å². The van der Waals surface area contributed by atoms with Crippen LogP contribution in [0.2, 0.25) is 0 Å². The molecule has 2 heterocycles. The molecule has 0 radical (unpaired) electrons. The number of amides is 1. The third-order valence-corrected chi connectivity index (χ3v) is 4.09. The first-order chi connectivity index (χ1) is 12.5. The predicted octanol–water partition coefficient (Wildman–Crippen LogP) is 3.47. The van der Waals surface area contributed by atoms with E-state index in [4.69, 9.17) is 0 Å². The molecule has 1 amide bonds. The van der Waals surface area contributed by atoms with Crippen LogP contribution in [0.5, 0.6) is 0 Å². The van der Waals surface area contributed by atoms with E-state index < -0.39 is 0 Å². The number of aryl methyl sites for hydroxylation is 1. The van der Waals surface area contributed by atoms with Crippen molar-refractivity contribution in [1.29, 1.82) is 0 Å². The maximum Gasteiger partial charge on any atom is 0.220 e. The number of halogens is 1. The quantitative estimate of drug-likeness (QED) is 0.707. The number of fused-ring (bicyclic) bond motifs is 1. The van der Waals surface area contributed by atoms with Crippen LogP contribution in [0, 0.1) is 5.82 Å². The smallest absolute Gasteiger partial charge is 0.220 e. The Labute approximate surface area is 152 Å². The van der Waals surface area contributed by atoms with Crippen molar-refractivity contribution in [3.63, 3.8) is 0 Å². The number of nitrogens with one attached hydrogen (secondary N) is 1. The van der Waals surface area contributed by atoms with Crippen LogP contribution in [-0.2, 0) is 17.8 Å². The fraction of sp³-hybridized carbons (Fsp3) is 0.350. The molecule has 1 aromatic carbocycles. The Morgan fingerprint density at radius 1 is 1.23 bits per heavy atom. The molecule has 0 atom stereocenters. The summed E-state index contributed by atoms with van der Waals surface area (Å²) in [4.78, 5) is 21.0. The Morgan fingerprint density at radius 3 is 2.73 bits per heavy atom. The van der Waals surface area contributed by atoms with E-state index in [1.54, 1.807) is 18.3 Å². The van der Waals surface area contributed by atoms with Crippen molar-refractivity contribution in [2.45, 2.75) is 45.7 Å². The van der Waals surface area contributed by atoms with E-state index in [9.17, 15) is 9.18 Å². The molecular formula is C20H23FN4O. The number of imidazole rings is 1. The van der Waals surface area contributed by atoms with Gasteiger partial charge in [0.15, 0.2) is 5.65 Å². The van der Waals surface area contributed by atoms with Crippen LogP contribution in [0.4, 0.5) is 4.39 Å². The minimum atomic E-state index is -0.251. The van der Waals surface area contributed by atoms with E-state index in [2.05, 4.69) is 15.3 Å². The highest BCUT2D eigenvalue weighted by atomic mass is 19.1. The zero-order chi connectivity index (χ0) is 18.5. The first kappa shape index (κ1) is 18.0. The number of aromatic nitrogens is 3. The van der Waals surface area contributed by atoms with Crippen LogP contribution in [0.25, 0.3) is 11.2 Å². The number of carbonyl (C=O) groups is 1. The minimum Gasteiger partial charge on any atom is -0.354 e. The second-order valence-corrected chi connectivity index (χ2v) is 6.66. The summed E-state index contributed by atoms with van der Waals surface area (Å²) >= 11 is 0. The molecule has 136 valence electrons. The molecule has 0 saturated heterocycles. The van der Waals surface area contributed by atoms with Gasteiger partial charge in [-0.05, 0) is 50.1 Å². The Hall–Kier alpha value is -2.76. The number of hydrogen-bond donors (Lipinski definition) is 1. The van der Waals surface area contributed by atoms with Crippen LogP contribution in [0.1, 0.15) is 38.1 Å². The number of pyridine rings is 1. The van der Waals surface area contributed by atoms with E-state index in [1.165, 1.54) is 12.1 Å². The van der Waals surface area contributed by atoms with Gasteiger partial charge in [0.05, 0.1) is 6.54 Å². The summed E-state index contributed by atoms with van der Waals surface area (Å²) in [6, 6.07) is 10.4. The Bertz CT molecular complexity index is 886. The van der Waals surface area contributed by atoms with Crippen LogP contribution in [0.3, 0.4) is 0 Å². The van der Waals surface area contributed by atoms with Crippen molar-refractivity contribution < 1.29 is 9.18 Å². The van der Waals surface area contributed by atoms with Crippen molar-refractivity contribution in [3.05, 3.63) is 59.8 Å². The molecule has 3 aromatic rings. The topological polar surface area (TPSA) is 59.8 Å². The number of benzene rings is 1. The van der Waals surface area contributed by atoms with Crippen LogP contribution < -0.4 is 5.32 Å². The maximum absolute atomic E-state index is 13.2. The van der Waals surface area contributed by atoms with Crippen molar-refractivity contribution in [3.8, 4) is 0 Å². The van der Waals surface area contributed by atoms with Gasteiger partial charge in [-0.15, -0.1) is 0 Å². The molecule has 2 aromatic heterocycles. The Morgan fingerprint density at radius 2 is 2.00 bits per heavy atom. The van der Waals surface area contributed by atoms with Gasteiger partial charge in [0.1, 0.15) is 17.2 Å². The Balaban J connectivity index is 1.78. The zero-order valence-electron chi connectivity index (χ0n) is 15.1. The summed E-state index contributed by atoms with van der Waals surface area (Å²) < 4.78 is 15.2. The third-order valence-electron chi connectivity index (χ3n) is 4.09. The van der Waals surface area contributed by atoms with E-state index in [0.29, 0.717) is 25.8 Å². The lowest BCUT2D eigenvalue weighted by Gasteiger charge is -2.10. The number of hydrogen-bond acceptors (Lipinski definition) is 3. The number of nitrogens with zero attached hydrogens (tertiary/aromatic N) is 3. The lowest BCUT2D eigenvalue weighted by molar-refractivity contribution is -0.121. The standard InChI is InChI=1S/C20H23FN4O/c1-14(2)23-19(26)7-3-6-18-24-17-5-4-12-22-20(17)25(18)13-15-8-10-16(21)11-9-15/h4-5,8-12,14H,3,6-7,13H2,1-2H3,(H,23,26). The summed E-state index contributed by atoms with van der Waals surface area (Å²) in [5.74, 6) is 0.693. The average Bonchev–Trinajstić information content (AvgIpc) is 2.94. The van der Waals surface area contributed by atoms with Gasteiger partial charge in [0.25, 0.3) is 0 Å². The highest BCUT2D eigenvalue weighted by Crippen LogP contribution is 2.18. The molecule has 0 unspecified atom stereocenters. The normalized spacial score (nSPS) is 11.2. The monoisotopic (exact) mass is 354 g/mol. The molecule has 1 N–H and O–H groups in total. The fourth-order valence-electron chi connectivity index (χ4n) is 2.94. The van der Waals surface area contributed by atoms with E-state index in [0.717, 1.165) is 22.6 Å². The molecule has 0 aliphatic rings.